The molecule has 2 aliphatic heterocycles. The molecule has 0 spiro atoms. The predicted octanol–water partition coefficient (Wildman–Crippen LogP) is 1.83. The van der Waals surface area contributed by atoms with Gasteiger partial charge in [0.25, 0.3) is 11.8 Å². The molecule has 4 N–H and O–H groups in total. The van der Waals surface area contributed by atoms with Gasteiger partial charge in [-0.05, 0) is 37.3 Å². The number of nitrogen functional groups attached to an aromatic ring is 1. The van der Waals surface area contributed by atoms with E-state index in [0.717, 1.165) is 37.0 Å². The second kappa shape index (κ2) is 10.1. The van der Waals surface area contributed by atoms with Crippen molar-refractivity contribution in [1.82, 2.24) is 20.4 Å². The number of aliphatic carboxylic acids is 1. The number of carboxylic acids is 1. The molecule has 36 heavy (non-hydrogen) atoms. The zero-order valence-electron chi connectivity index (χ0n) is 18.8. The summed E-state index contributed by atoms with van der Waals surface area (Å²) in [4.78, 5) is 49.1. The van der Waals surface area contributed by atoms with Gasteiger partial charge in [0.2, 0.25) is 0 Å². The van der Waals surface area contributed by atoms with E-state index in [1.54, 1.807) is 23.6 Å². The number of hydrogen-bond donors (Lipinski definition) is 3. The summed E-state index contributed by atoms with van der Waals surface area (Å²) in [5.41, 5.74) is 6.23. The number of nitrogens with one attached hydrogen (secondary N) is 1. The Labute approximate surface area is 213 Å². The lowest BCUT2D eigenvalue weighted by molar-refractivity contribution is -0.150. The first kappa shape index (κ1) is 24.1. The molecule has 1 saturated carbocycles. The maximum atomic E-state index is 13.2. The second-order valence-electron chi connectivity index (χ2n) is 8.31. The van der Waals surface area contributed by atoms with Crippen LogP contribution in [0.5, 0.6) is 0 Å². The van der Waals surface area contributed by atoms with Gasteiger partial charge in [0.05, 0.1) is 6.20 Å². The van der Waals surface area contributed by atoms with Crippen LogP contribution >= 0.6 is 23.1 Å². The van der Waals surface area contributed by atoms with Gasteiger partial charge in [-0.1, -0.05) is 16.4 Å². The van der Waals surface area contributed by atoms with Crippen LogP contribution < -0.4 is 11.1 Å². The van der Waals surface area contributed by atoms with E-state index in [-0.39, 0.29) is 28.3 Å². The number of fused-ring (bicyclic) bond motifs is 1. The van der Waals surface area contributed by atoms with Crippen molar-refractivity contribution in [2.75, 3.05) is 11.5 Å². The van der Waals surface area contributed by atoms with Gasteiger partial charge in [-0.15, -0.1) is 23.1 Å². The summed E-state index contributed by atoms with van der Waals surface area (Å²) in [6.07, 6.45) is 8.34. The number of aromatic nitrogens is 2. The molecule has 3 aliphatic rings. The van der Waals surface area contributed by atoms with E-state index >= 15 is 0 Å². The number of nitrogens with two attached hydrogens (primary N) is 1. The molecule has 0 bridgehead atoms. The van der Waals surface area contributed by atoms with Crippen LogP contribution in [0, 0.1) is 0 Å². The lowest BCUT2D eigenvalue weighted by atomic mass is 10.0. The van der Waals surface area contributed by atoms with Crippen molar-refractivity contribution < 1.29 is 28.9 Å². The highest BCUT2D eigenvalue weighted by molar-refractivity contribution is 8.00. The molecule has 2 unspecified atom stereocenters. The van der Waals surface area contributed by atoms with Crippen LogP contribution in [0.3, 0.4) is 0 Å². The lowest BCUT2D eigenvalue weighted by Crippen LogP contribution is -2.71. The van der Waals surface area contributed by atoms with E-state index in [2.05, 4.69) is 20.6 Å². The Morgan fingerprint density at radius 2 is 2.14 bits per heavy atom. The van der Waals surface area contributed by atoms with Crippen LogP contribution in [0.25, 0.3) is 6.08 Å². The molecule has 2 amide bonds. The zero-order chi connectivity index (χ0) is 25.2. The minimum absolute atomic E-state index is 0.0772. The number of β-lactam (4-membered cyclic amide) rings is 1. The van der Waals surface area contributed by atoms with Crippen LogP contribution in [0.1, 0.15) is 37.1 Å². The Morgan fingerprint density at radius 3 is 2.81 bits per heavy atom. The standard InChI is InChI=1S/C22H22N6O6S2/c23-22-25-14(10-36-22)15(27-34-12-3-1-2-4-12)18(29)26-16-19(30)28-17(21(31)32)11(9-35-20(16)28)5-6-13-7-8-24-33-13/h5-8,10,12,16,20H,1-4,9H2,(H2,23,25)(H,26,29)(H,31,32)/b6-5+,27-15-. The molecule has 1 saturated heterocycles. The van der Waals surface area contributed by atoms with Gasteiger partial charge in [0, 0.05) is 17.2 Å². The average molecular weight is 531 g/mol. The van der Waals surface area contributed by atoms with Crippen molar-refractivity contribution in [3.63, 3.8) is 0 Å². The van der Waals surface area contributed by atoms with Crippen molar-refractivity contribution in [3.05, 3.63) is 46.4 Å². The molecular weight excluding hydrogens is 508 g/mol. The molecule has 5 rings (SSSR count). The van der Waals surface area contributed by atoms with Gasteiger partial charge in [-0.25, -0.2) is 9.78 Å². The number of amides is 2. The number of nitrogens with zero attached hydrogens (tertiary/aromatic N) is 4. The molecule has 12 nitrogen and oxygen atoms in total. The van der Waals surface area contributed by atoms with Crippen molar-refractivity contribution in [2.24, 2.45) is 5.16 Å². The minimum Gasteiger partial charge on any atom is -0.477 e. The fourth-order valence-electron chi connectivity index (χ4n) is 4.20. The van der Waals surface area contributed by atoms with Crippen molar-refractivity contribution in [3.8, 4) is 0 Å². The highest BCUT2D eigenvalue weighted by Gasteiger charge is 2.54. The van der Waals surface area contributed by atoms with Gasteiger partial charge < -0.3 is 25.5 Å². The minimum atomic E-state index is -1.24. The normalized spacial score (nSPS) is 22.6. The fourth-order valence-corrected chi connectivity index (χ4v) is 6.06. The van der Waals surface area contributed by atoms with E-state index < -0.39 is 29.2 Å². The summed E-state index contributed by atoms with van der Waals surface area (Å²) in [6, 6.07) is 0.701. The quantitative estimate of drug-likeness (QED) is 0.259. The maximum Gasteiger partial charge on any atom is 0.352 e. The van der Waals surface area contributed by atoms with Crippen LogP contribution in [0.2, 0.25) is 0 Å². The molecule has 2 fully saturated rings. The summed E-state index contributed by atoms with van der Waals surface area (Å²) in [7, 11) is 0. The Hall–Kier alpha value is -3.65. The Bertz CT molecular complexity index is 1260. The number of hydrogen-bond acceptors (Lipinski definition) is 11. The van der Waals surface area contributed by atoms with E-state index in [0.29, 0.717) is 17.1 Å². The lowest BCUT2D eigenvalue weighted by Gasteiger charge is -2.49. The van der Waals surface area contributed by atoms with Gasteiger partial charge in [0.1, 0.15) is 28.9 Å². The number of oxime groups is 1. The van der Waals surface area contributed by atoms with Crippen molar-refractivity contribution in [1.29, 1.82) is 0 Å². The summed E-state index contributed by atoms with van der Waals surface area (Å²) in [6.45, 7) is 0. The number of thioether (sulfide) groups is 1. The number of carbonyl (C=O) groups is 3. The highest BCUT2D eigenvalue weighted by Crippen LogP contribution is 2.40. The third-order valence-electron chi connectivity index (χ3n) is 5.97. The number of carbonyl (C=O) groups excluding carboxylic acids is 2. The number of rotatable bonds is 8. The third-order valence-corrected chi connectivity index (χ3v) is 7.94. The van der Waals surface area contributed by atoms with Crippen LogP contribution in [-0.2, 0) is 19.2 Å². The number of allylic oxidation sites excluding steroid dienone is 1. The van der Waals surface area contributed by atoms with Gasteiger partial charge >= 0.3 is 5.97 Å². The molecule has 188 valence electrons. The summed E-state index contributed by atoms with van der Waals surface area (Å²) in [5, 5.41) is 21.4. The molecule has 2 atom stereocenters. The molecule has 2 aromatic rings. The zero-order valence-corrected chi connectivity index (χ0v) is 20.5. The summed E-state index contributed by atoms with van der Waals surface area (Å²) in [5.74, 6) is -1.64. The van der Waals surface area contributed by atoms with Crippen molar-refractivity contribution in [2.45, 2.75) is 43.2 Å². The fraction of sp³-hybridized carbons (Fsp3) is 0.364. The number of anilines is 1. The molecule has 0 radical (unpaired) electrons. The molecule has 1 aliphatic carbocycles. The van der Waals surface area contributed by atoms with E-state index in [1.165, 1.54) is 22.9 Å². The Morgan fingerprint density at radius 1 is 1.33 bits per heavy atom. The summed E-state index contributed by atoms with van der Waals surface area (Å²) >= 11 is 2.50. The first-order valence-corrected chi connectivity index (χ1v) is 13.1. The molecule has 2 aromatic heterocycles. The molecular formula is C22H22N6O6S2. The smallest absolute Gasteiger partial charge is 0.352 e. The molecule has 0 aromatic carbocycles. The first-order valence-electron chi connectivity index (χ1n) is 11.2. The van der Waals surface area contributed by atoms with Crippen LogP contribution in [-0.4, -0.2) is 66.9 Å². The van der Waals surface area contributed by atoms with Gasteiger partial charge in [0.15, 0.2) is 16.6 Å². The maximum absolute atomic E-state index is 13.2. The first-order chi connectivity index (χ1) is 17.4. The van der Waals surface area contributed by atoms with Gasteiger partial charge in [-0.2, -0.15) is 0 Å². The average Bonchev–Trinajstić information content (AvgIpc) is 3.64. The third kappa shape index (κ3) is 4.73. The molecule has 4 heterocycles. The monoisotopic (exact) mass is 530 g/mol. The number of carboxylic acid groups (broad SMARTS) is 1. The Kier molecular flexibility index (Phi) is 6.78. The highest BCUT2D eigenvalue weighted by atomic mass is 32.2. The van der Waals surface area contributed by atoms with Crippen LogP contribution in [0.15, 0.2) is 44.7 Å². The second-order valence-corrected chi connectivity index (χ2v) is 10.3. The van der Waals surface area contributed by atoms with Crippen molar-refractivity contribution >= 4 is 57.8 Å². The topological polar surface area (TPSA) is 173 Å². The summed E-state index contributed by atoms with van der Waals surface area (Å²) < 4.78 is 5.00. The Balaban J connectivity index is 1.33. The largest absolute Gasteiger partial charge is 0.477 e. The molecule has 14 heteroatoms. The van der Waals surface area contributed by atoms with Crippen LogP contribution in [0.4, 0.5) is 5.13 Å². The number of thiazole rings is 1. The van der Waals surface area contributed by atoms with E-state index in [1.807, 2.05) is 0 Å². The van der Waals surface area contributed by atoms with Gasteiger partial charge in [-0.3, -0.25) is 14.5 Å². The van der Waals surface area contributed by atoms with E-state index in [9.17, 15) is 19.5 Å². The van der Waals surface area contributed by atoms with E-state index in [4.69, 9.17) is 15.1 Å². The predicted molar refractivity (Wildman–Crippen MR) is 132 cm³/mol. The SMILES string of the molecule is Nc1nc(/C(=N/OC2CCCC2)C(=O)NC2C(=O)N3C(C(=O)O)=C(/C=C/c4ccno4)CSC23)cs1.